The lowest BCUT2D eigenvalue weighted by Crippen LogP contribution is -2.38. The number of pyridine rings is 1. The molecule has 0 unspecified atom stereocenters. The first-order chi connectivity index (χ1) is 15.0. The van der Waals surface area contributed by atoms with E-state index < -0.39 is 0 Å². The van der Waals surface area contributed by atoms with Crippen molar-refractivity contribution >= 4 is 40.2 Å². The normalized spacial score (nSPS) is 12.7. The van der Waals surface area contributed by atoms with E-state index in [4.69, 9.17) is 10.5 Å². The highest BCUT2D eigenvalue weighted by atomic mass is 32.1. The fourth-order valence-electron chi connectivity index (χ4n) is 3.19. The van der Waals surface area contributed by atoms with Crippen LogP contribution in [0.1, 0.15) is 20.4 Å². The molecular weight excluding hydrogens is 416 g/mol. The van der Waals surface area contributed by atoms with Gasteiger partial charge in [0, 0.05) is 23.9 Å². The number of nitrogens with one attached hydrogen (secondary N) is 2. The lowest BCUT2D eigenvalue weighted by atomic mass is 10.2. The average Bonchev–Trinajstić information content (AvgIpc) is 3.23. The molecule has 0 saturated carbocycles. The zero-order valence-corrected chi connectivity index (χ0v) is 17.7. The first-order valence-electron chi connectivity index (χ1n) is 9.69. The molecule has 0 bridgehead atoms. The second kappa shape index (κ2) is 9.00. The number of carbonyl (C=O) groups is 2. The van der Waals surface area contributed by atoms with Crippen LogP contribution in [-0.4, -0.2) is 46.9 Å². The van der Waals surface area contributed by atoms with Crippen LogP contribution in [0.3, 0.4) is 0 Å². The van der Waals surface area contributed by atoms with Crippen molar-refractivity contribution in [3.63, 3.8) is 0 Å². The summed E-state index contributed by atoms with van der Waals surface area (Å²) >= 11 is 1.31. The third kappa shape index (κ3) is 4.75. The highest BCUT2D eigenvalue weighted by molar-refractivity contribution is 7.13. The number of hydrogen-bond donors (Lipinski definition) is 3. The number of thiazole rings is 1. The molecule has 3 aromatic rings. The van der Waals surface area contributed by atoms with Gasteiger partial charge in [-0.1, -0.05) is 12.1 Å². The fraction of sp³-hybridized carbons (Fsp3) is 0.238. The third-order valence-corrected chi connectivity index (χ3v) is 5.96. The van der Waals surface area contributed by atoms with Crippen LogP contribution in [0.2, 0.25) is 0 Å². The number of carbonyl (C=O) groups excluding carboxylic acids is 2. The summed E-state index contributed by atoms with van der Waals surface area (Å²) in [5.74, 6) is 0.183. The van der Waals surface area contributed by atoms with Crippen LogP contribution in [0.15, 0.2) is 42.6 Å². The van der Waals surface area contributed by atoms with Crippen LogP contribution in [0.5, 0.6) is 5.88 Å². The Balaban J connectivity index is 1.36. The van der Waals surface area contributed by atoms with Crippen molar-refractivity contribution in [2.45, 2.75) is 13.0 Å². The Morgan fingerprint density at radius 1 is 1.26 bits per heavy atom. The number of nitrogens with zero attached hydrogens (tertiary/aromatic N) is 3. The van der Waals surface area contributed by atoms with E-state index in [1.165, 1.54) is 11.3 Å². The molecule has 0 spiro atoms. The van der Waals surface area contributed by atoms with Crippen molar-refractivity contribution in [2.24, 2.45) is 0 Å². The molecule has 0 atom stereocenters. The van der Waals surface area contributed by atoms with Crippen LogP contribution in [0.25, 0.3) is 0 Å². The molecule has 4 rings (SSSR count). The maximum atomic E-state index is 12.6. The molecule has 4 N–H and O–H groups in total. The number of hydrogen-bond acceptors (Lipinski definition) is 8. The number of nitrogen functional groups attached to an aromatic ring is 1. The van der Waals surface area contributed by atoms with E-state index >= 15 is 0 Å². The van der Waals surface area contributed by atoms with Gasteiger partial charge in [-0.3, -0.25) is 9.59 Å². The molecule has 1 aromatic carbocycles. The van der Waals surface area contributed by atoms with Crippen LogP contribution >= 0.6 is 11.3 Å². The lowest BCUT2D eigenvalue weighted by molar-refractivity contribution is -0.130. The minimum absolute atomic E-state index is 0.0297. The molecule has 1 aliphatic heterocycles. The Bertz CT molecular complexity index is 1100. The Kier molecular flexibility index (Phi) is 5.99. The molecule has 2 aromatic heterocycles. The number of anilines is 3. The van der Waals surface area contributed by atoms with Crippen molar-refractivity contribution in [3.8, 4) is 5.88 Å². The van der Waals surface area contributed by atoms with Gasteiger partial charge in [0.05, 0.1) is 49.2 Å². The van der Waals surface area contributed by atoms with Gasteiger partial charge in [0.2, 0.25) is 11.8 Å². The highest BCUT2D eigenvalue weighted by Crippen LogP contribution is 2.27. The summed E-state index contributed by atoms with van der Waals surface area (Å²) in [6.07, 6.45) is 2.23. The van der Waals surface area contributed by atoms with E-state index in [-0.39, 0.29) is 18.4 Å². The van der Waals surface area contributed by atoms with E-state index in [1.807, 2.05) is 0 Å². The van der Waals surface area contributed by atoms with Gasteiger partial charge in [0.15, 0.2) is 5.01 Å². The first kappa shape index (κ1) is 20.6. The number of ether oxygens (including phenoxy) is 1. The topological polar surface area (TPSA) is 122 Å². The molecule has 0 saturated heterocycles. The van der Waals surface area contributed by atoms with Gasteiger partial charge in [0.1, 0.15) is 0 Å². The molecule has 9 nitrogen and oxygen atoms in total. The molecule has 160 valence electrons. The van der Waals surface area contributed by atoms with Crippen molar-refractivity contribution in [1.82, 2.24) is 14.9 Å². The first-order valence-corrected chi connectivity index (χ1v) is 10.5. The summed E-state index contributed by atoms with van der Waals surface area (Å²) in [7, 11) is 1.55. The van der Waals surface area contributed by atoms with E-state index in [9.17, 15) is 9.59 Å². The third-order valence-electron chi connectivity index (χ3n) is 4.88. The van der Waals surface area contributed by atoms with Crippen molar-refractivity contribution < 1.29 is 14.3 Å². The molecule has 0 fully saturated rings. The van der Waals surface area contributed by atoms with Crippen molar-refractivity contribution in [1.29, 1.82) is 0 Å². The van der Waals surface area contributed by atoms with Gasteiger partial charge in [-0.2, -0.15) is 0 Å². The summed E-state index contributed by atoms with van der Waals surface area (Å²) in [5.41, 5.74) is 8.54. The Morgan fingerprint density at radius 3 is 2.84 bits per heavy atom. The molecule has 3 heterocycles. The van der Waals surface area contributed by atoms with Gasteiger partial charge in [-0.05, 0) is 18.2 Å². The zero-order chi connectivity index (χ0) is 21.8. The minimum Gasteiger partial charge on any atom is -0.481 e. The smallest absolute Gasteiger partial charge is 0.284 e. The second-order valence-electron chi connectivity index (χ2n) is 6.94. The Labute approximate surface area is 183 Å². The van der Waals surface area contributed by atoms with Gasteiger partial charge < -0.3 is 26.0 Å². The van der Waals surface area contributed by atoms with Crippen LogP contribution in [0.4, 0.5) is 17.1 Å². The molecule has 0 radical (unpaired) electrons. The highest BCUT2D eigenvalue weighted by Gasteiger charge is 2.25. The number of methoxy groups -OCH3 is 1. The van der Waals surface area contributed by atoms with Gasteiger partial charge in [0.25, 0.3) is 5.91 Å². The summed E-state index contributed by atoms with van der Waals surface area (Å²) < 4.78 is 5.03. The van der Waals surface area contributed by atoms with Gasteiger partial charge in [-0.25, -0.2) is 9.97 Å². The van der Waals surface area contributed by atoms with E-state index in [0.29, 0.717) is 41.8 Å². The molecule has 31 heavy (non-hydrogen) atoms. The standard InChI is InChI=1S/C21H22N6O3S/c1-30-18-7-6-13(10-24-18)23-11-19(28)27-9-8-16-17(12-27)31-21(26-16)20(29)25-15-5-3-2-4-14(15)22/h2-7,10,23H,8-9,11-12,22H2,1H3,(H,25,29). The monoisotopic (exact) mass is 438 g/mol. The lowest BCUT2D eigenvalue weighted by Gasteiger charge is -2.26. The molecule has 2 amide bonds. The quantitative estimate of drug-likeness (QED) is 0.505. The predicted molar refractivity (Wildman–Crippen MR) is 119 cm³/mol. The molecular formula is C21H22N6O3S. The zero-order valence-electron chi connectivity index (χ0n) is 16.9. The van der Waals surface area contributed by atoms with Crippen LogP contribution in [0, 0.1) is 0 Å². The van der Waals surface area contributed by atoms with Gasteiger partial charge in [-0.15, -0.1) is 11.3 Å². The number of benzene rings is 1. The Hall–Kier alpha value is -3.66. The minimum atomic E-state index is -0.302. The fourth-order valence-corrected chi connectivity index (χ4v) is 4.21. The summed E-state index contributed by atoms with van der Waals surface area (Å²) in [4.78, 5) is 36.5. The molecule has 1 aliphatic rings. The van der Waals surface area contributed by atoms with Crippen molar-refractivity contribution in [3.05, 3.63) is 58.2 Å². The van der Waals surface area contributed by atoms with Gasteiger partial charge >= 0.3 is 0 Å². The number of amides is 2. The van der Waals surface area contributed by atoms with E-state index in [0.717, 1.165) is 16.3 Å². The summed E-state index contributed by atoms with van der Waals surface area (Å²) in [6.45, 7) is 1.16. The number of aromatic nitrogens is 2. The average molecular weight is 439 g/mol. The van der Waals surface area contributed by atoms with Crippen LogP contribution < -0.4 is 21.1 Å². The molecule has 0 aliphatic carbocycles. The summed E-state index contributed by atoms with van der Waals surface area (Å²) in [5, 5.41) is 6.24. The maximum Gasteiger partial charge on any atom is 0.284 e. The second-order valence-corrected chi connectivity index (χ2v) is 8.02. The van der Waals surface area contributed by atoms with E-state index in [2.05, 4.69) is 20.6 Å². The van der Waals surface area contributed by atoms with E-state index in [1.54, 1.807) is 54.6 Å². The number of para-hydroxylation sites is 2. The number of fused-ring (bicyclic) bond motifs is 1. The van der Waals surface area contributed by atoms with Crippen LogP contribution in [-0.2, 0) is 17.8 Å². The molecule has 10 heteroatoms. The maximum absolute atomic E-state index is 12.6. The number of nitrogens with two attached hydrogens (primary N) is 1. The predicted octanol–water partition coefficient (Wildman–Crippen LogP) is 2.38. The number of rotatable bonds is 6. The van der Waals surface area contributed by atoms with Crippen molar-refractivity contribution in [2.75, 3.05) is 36.6 Å². The summed E-state index contributed by atoms with van der Waals surface area (Å²) in [6, 6.07) is 10.6. The largest absolute Gasteiger partial charge is 0.481 e. The Morgan fingerprint density at radius 2 is 2.10 bits per heavy atom. The SMILES string of the molecule is COc1ccc(NCC(=O)N2CCc3nc(C(=O)Nc4ccccc4N)sc3C2)cn1.